The van der Waals surface area contributed by atoms with Gasteiger partial charge in [0.2, 0.25) is 0 Å². The highest BCUT2D eigenvalue weighted by Gasteiger charge is 2.32. The van der Waals surface area contributed by atoms with Crippen LogP contribution >= 0.6 is 11.6 Å². The monoisotopic (exact) mass is 371 g/mol. The Morgan fingerprint density at radius 3 is 2.77 bits per heavy atom. The zero-order valence-corrected chi connectivity index (χ0v) is 14.7. The van der Waals surface area contributed by atoms with Gasteiger partial charge in [0.1, 0.15) is 11.9 Å². The third-order valence-corrected chi connectivity index (χ3v) is 4.80. The summed E-state index contributed by atoms with van der Waals surface area (Å²) in [5.74, 6) is 0.637. The Morgan fingerprint density at radius 1 is 1.27 bits per heavy atom. The van der Waals surface area contributed by atoms with Gasteiger partial charge >= 0.3 is 0 Å². The van der Waals surface area contributed by atoms with Crippen LogP contribution < -0.4 is 10.1 Å². The van der Waals surface area contributed by atoms with E-state index in [9.17, 15) is 9.90 Å². The van der Waals surface area contributed by atoms with Crippen LogP contribution in [0.25, 0.3) is 5.52 Å². The Balaban J connectivity index is 1.34. The minimum absolute atomic E-state index is 0.0611. The van der Waals surface area contributed by atoms with Gasteiger partial charge < -0.3 is 15.2 Å². The van der Waals surface area contributed by atoms with Gasteiger partial charge in [0, 0.05) is 30.1 Å². The number of aliphatic hydroxyl groups excluding tert-OH is 1. The van der Waals surface area contributed by atoms with E-state index in [1.165, 1.54) is 0 Å². The lowest BCUT2D eigenvalue weighted by atomic mass is 9.89. The van der Waals surface area contributed by atoms with Gasteiger partial charge in [-0.1, -0.05) is 17.7 Å². The van der Waals surface area contributed by atoms with Crippen molar-refractivity contribution in [2.24, 2.45) is 0 Å². The molecule has 2 aromatic heterocycles. The van der Waals surface area contributed by atoms with Gasteiger partial charge in [0.05, 0.1) is 23.9 Å². The fraction of sp³-hybridized carbons (Fsp3) is 0.263. The lowest BCUT2D eigenvalue weighted by molar-refractivity contribution is 0.0702. The van der Waals surface area contributed by atoms with Gasteiger partial charge in [0.25, 0.3) is 5.91 Å². The van der Waals surface area contributed by atoms with Crippen molar-refractivity contribution in [2.75, 3.05) is 0 Å². The fourth-order valence-corrected chi connectivity index (χ4v) is 3.17. The van der Waals surface area contributed by atoms with Crippen LogP contribution in [0.4, 0.5) is 0 Å². The number of nitrogens with one attached hydrogen (secondary N) is 1. The highest BCUT2D eigenvalue weighted by Crippen LogP contribution is 2.27. The van der Waals surface area contributed by atoms with Gasteiger partial charge in [0.15, 0.2) is 0 Å². The summed E-state index contributed by atoms with van der Waals surface area (Å²) >= 11 is 5.86. The van der Waals surface area contributed by atoms with E-state index in [0.29, 0.717) is 16.1 Å². The van der Waals surface area contributed by atoms with E-state index < -0.39 is 0 Å². The fourth-order valence-electron chi connectivity index (χ4n) is 3.04. The molecule has 134 valence electrons. The molecule has 26 heavy (non-hydrogen) atoms. The van der Waals surface area contributed by atoms with Gasteiger partial charge in [-0.3, -0.25) is 4.79 Å². The maximum atomic E-state index is 12.5. The predicted molar refractivity (Wildman–Crippen MR) is 97.5 cm³/mol. The first-order valence-electron chi connectivity index (χ1n) is 8.42. The summed E-state index contributed by atoms with van der Waals surface area (Å²) < 4.78 is 7.46. The molecule has 0 aliphatic heterocycles. The second-order valence-corrected chi connectivity index (χ2v) is 6.86. The van der Waals surface area contributed by atoms with Crippen LogP contribution in [0.15, 0.2) is 48.8 Å². The first-order valence-corrected chi connectivity index (χ1v) is 8.80. The molecule has 7 heteroatoms. The lowest BCUT2D eigenvalue weighted by Crippen LogP contribution is -2.48. The number of hydrogen-bond acceptors (Lipinski definition) is 4. The molecule has 1 aliphatic carbocycles. The number of rotatable bonds is 5. The van der Waals surface area contributed by atoms with E-state index >= 15 is 0 Å². The number of nitrogens with zero attached hydrogens (tertiary/aromatic N) is 2. The number of halogens is 1. The van der Waals surface area contributed by atoms with E-state index in [1.807, 2.05) is 12.1 Å². The average Bonchev–Trinajstić information content (AvgIpc) is 3.04. The van der Waals surface area contributed by atoms with Crippen molar-refractivity contribution in [3.05, 3.63) is 64.9 Å². The normalized spacial score (nSPS) is 19.2. The summed E-state index contributed by atoms with van der Waals surface area (Å²) in [4.78, 5) is 12.5. The number of benzene rings is 1. The molecule has 1 amide bonds. The minimum atomic E-state index is -0.147. The summed E-state index contributed by atoms with van der Waals surface area (Å²) in [6.07, 6.45) is 4.89. The van der Waals surface area contributed by atoms with Crippen LogP contribution in [-0.4, -0.2) is 32.8 Å². The quantitative estimate of drug-likeness (QED) is 0.723. The predicted octanol–water partition coefficient (Wildman–Crippen LogP) is 2.82. The second kappa shape index (κ2) is 6.97. The van der Waals surface area contributed by atoms with Gasteiger partial charge in [-0.05, 0) is 35.9 Å². The van der Waals surface area contributed by atoms with Crippen molar-refractivity contribution in [2.45, 2.75) is 31.6 Å². The molecule has 4 rings (SSSR count). The largest absolute Gasteiger partial charge is 0.490 e. The van der Waals surface area contributed by atoms with Crippen LogP contribution in [0, 0.1) is 0 Å². The molecule has 0 atom stereocenters. The summed E-state index contributed by atoms with van der Waals surface area (Å²) in [7, 11) is 0. The number of ether oxygens (including phenoxy) is 1. The van der Waals surface area contributed by atoms with Gasteiger partial charge in [-0.15, -0.1) is 0 Å². The Morgan fingerprint density at radius 2 is 2.04 bits per heavy atom. The molecule has 0 bridgehead atoms. The molecule has 2 heterocycles. The third kappa shape index (κ3) is 3.38. The van der Waals surface area contributed by atoms with Crippen molar-refractivity contribution in [1.29, 1.82) is 0 Å². The number of aliphatic hydroxyl groups is 1. The van der Waals surface area contributed by atoms with E-state index in [2.05, 4.69) is 10.4 Å². The Labute approximate surface area is 155 Å². The van der Waals surface area contributed by atoms with Crippen molar-refractivity contribution < 1.29 is 14.6 Å². The highest BCUT2D eigenvalue weighted by atomic mass is 35.5. The molecule has 1 aromatic carbocycles. The Kier molecular flexibility index (Phi) is 4.53. The average molecular weight is 372 g/mol. The zero-order valence-electron chi connectivity index (χ0n) is 13.9. The number of amides is 1. The Hall–Kier alpha value is -2.57. The molecule has 1 aliphatic rings. The van der Waals surface area contributed by atoms with E-state index in [1.54, 1.807) is 41.2 Å². The number of carbonyl (C=O) groups excluding carboxylic acids is 1. The smallest absolute Gasteiger partial charge is 0.255 e. The number of pyridine rings is 1. The molecule has 0 unspecified atom stereocenters. The molecule has 0 spiro atoms. The first kappa shape index (κ1) is 16.9. The van der Waals surface area contributed by atoms with Crippen molar-refractivity contribution >= 4 is 23.0 Å². The number of carbonyl (C=O) groups is 1. The van der Waals surface area contributed by atoms with Crippen LogP contribution in [0.2, 0.25) is 5.02 Å². The number of aromatic nitrogens is 2. The molecule has 1 saturated carbocycles. The van der Waals surface area contributed by atoms with Crippen LogP contribution in [0.1, 0.15) is 28.8 Å². The van der Waals surface area contributed by atoms with Gasteiger partial charge in [-0.2, -0.15) is 5.10 Å². The Bertz CT molecular complexity index is 933. The SMILES string of the molecule is O=C(NC1CC(Oc2ccc(Cl)cc2)C1)c1cnn2cc(CO)ccc12. The summed E-state index contributed by atoms with van der Waals surface area (Å²) in [6, 6.07) is 10.9. The van der Waals surface area contributed by atoms with E-state index in [0.717, 1.165) is 24.2 Å². The zero-order chi connectivity index (χ0) is 18.1. The van der Waals surface area contributed by atoms with Crippen molar-refractivity contribution in [3.8, 4) is 5.75 Å². The number of hydrogen-bond donors (Lipinski definition) is 2. The van der Waals surface area contributed by atoms with Crippen molar-refractivity contribution in [1.82, 2.24) is 14.9 Å². The number of fused-ring (bicyclic) bond motifs is 1. The van der Waals surface area contributed by atoms with Crippen LogP contribution in [0.3, 0.4) is 0 Å². The molecular formula is C19H18ClN3O3. The van der Waals surface area contributed by atoms with Crippen molar-refractivity contribution in [3.63, 3.8) is 0 Å². The summed E-state index contributed by atoms with van der Waals surface area (Å²) in [5, 5.41) is 17.1. The lowest BCUT2D eigenvalue weighted by Gasteiger charge is -2.35. The third-order valence-electron chi connectivity index (χ3n) is 4.55. The molecule has 6 nitrogen and oxygen atoms in total. The van der Waals surface area contributed by atoms with Crippen LogP contribution in [-0.2, 0) is 6.61 Å². The second-order valence-electron chi connectivity index (χ2n) is 6.42. The summed E-state index contributed by atoms with van der Waals surface area (Å²) in [5.41, 5.74) is 1.98. The van der Waals surface area contributed by atoms with E-state index in [-0.39, 0.29) is 24.7 Å². The molecular weight excluding hydrogens is 354 g/mol. The molecule has 1 fully saturated rings. The highest BCUT2D eigenvalue weighted by molar-refractivity contribution is 6.30. The van der Waals surface area contributed by atoms with E-state index in [4.69, 9.17) is 16.3 Å². The summed E-state index contributed by atoms with van der Waals surface area (Å²) in [6.45, 7) is -0.0611. The standard InChI is InChI=1S/C19H18ClN3O3/c20-13-2-4-15(5-3-13)26-16-7-14(8-16)22-19(25)17-9-21-23-10-12(11-24)1-6-18(17)23/h1-6,9-10,14,16,24H,7-8,11H2,(H,22,25). The minimum Gasteiger partial charge on any atom is -0.490 e. The maximum absolute atomic E-state index is 12.5. The maximum Gasteiger partial charge on any atom is 0.255 e. The molecule has 0 radical (unpaired) electrons. The van der Waals surface area contributed by atoms with Crippen LogP contribution in [0.5, 0.6) is 5.75 Å². The topological polar surface area (TPSA) is 75.9 Å². The first-order chi connectivity index (χ1) is 12.6. The van der Waals surface area contributed by atoms with Gasteiger partial charge in [-0.25, -0.2) is 4.52 Å². The molecule has 0 saturated heterocycles. The molecule has 2 N–H and O–H groups in total. The molecule has 3 aromatic rings.